The van der Waals surface area contributed by atoms with Gasteiger partial charge in [0.05, 0.1) is 0 Å². The van der Waals surface area contributed by atoms with Crippen molar-refractivity contribution in [2.24, 2.45) is 5.41 Å². The number of hydrogen-bond acceptors (Lipinski definition) is 2. The maximum absolute atomic E-state index is 5.19. The molecule has 0 amide bonds. The van der Waals surface area contributed by atoms with Crippen LogP contribution in [0.5, 0.6) is 0 Å². The molecule has 1 aliphatic carbocycles. The highest BCUT2D eigenvalue weighted by Crippen LogP contribution is 2.32. The Bertz CT molecular complexity index is 264. The van der Waals surface area contributed by atoms with Crippen LogP contribution >= 0.6 is 24.8 Å². The van der Waals surface area contributed by atoms with Gasteiger partial charge in [0.25, 0.3) is 0 Å². The third-order valence-electron chi connectivity index (χ3n) is 2.04. The van der Waals surface area contributed by atoms with Crippen molar-refractivity contribution in [3.05, 3.63) is 22.6 Å². The second-order valence-corrected chi connectivity index (χ2v) is 5.07. The summed E-state index contributed by atoms with van der Waals surface area (Å²) < 4.78 is 0. The van der Waals surface area contributed by atoms with Crippen LogP contribution in [0.2, 0.25) is 0 Å². The van der Waals surface area contributed by atoms with Crippen LogP contribution in [0.4, 0.5) is 0 Å². The van der Waals surface area contributed by atoms with E-state index < -0.39 is 0 Å². The molecule has 2 heteroatoms. The van der Waals surface area contributed by atoms with Crippen molar-refractivity contribution >= 4 is 29.7 Å². The van der Waals surface area contributed by atoms with Crippen molar-refractivity contribution in [1.29, 1.82) is 0 Å². The molecule has 0 bridgehead atoms. The fourth-order valence-corrected chi connectivity index (χ4v) is 1.49. The van der Waals surface area contributed by atoms with Crippen LogP contribution in [0.25, 0.3) is 0 Å². The fourth-order valence-electron chi connectivity index (χ4n) is 1.11. The van der Waals surface area contributed by atoms with Gasteiger partial charge in [-0.05, 0) is 11.5 Å². The zero-order valence-corrected chi connectivity index (χ0v) is 9.43. The number of hydrogen-bond donors (Lipinski definition) is 1. The lowest BCUT2D eigenvalue weighted by Gasteiger charge is -2.25. The predicted molar refractivity (Wildman–Crippen MR) is 61.8 cm³/mol. The van der Waals surface area contributed by atoms with E-state index in [1.807, 2.05) is 6.08 Å². The molecular formula is C10H14S2. The van der Waals surface area contributed by atoms with E-state index in [1.54, 1.807) is 0 Å². The summed E-state index contributed by atoms with van der Waals surface area (Å²) in [4.78, 5) is 1.91. The molecule has 0 atom stereocenters. The Kier molecular flexibility index (Phi) is 2.79. The first-order chi connectivity index (χ1) is 5.41. The molecule has 0 radical (unpaired) electrons. The number of thiol groups is 1. The molecule has 0 aromatic heterocycles. The number of allylic oxidation sites excluding steroid dienone is 4. The maximum atomic E-state index is 5.19. The van der Waals surface area contributed by atoms with Gasteiger partial charge >= 0.3 is 0 Å². The average molecular weight is 198 g/mol. The van der Waals surface area contributed by atoms with Gasteiger partial charge in [-0.1, -0.05) is 44.6 Å². The Morgan fingerprint density at radius 3 is 2.33 bits per heavy atom. The van der Waals surface area contributed by atoms with E-state index in [4.69, 9.17) is 12.2 Å². The molecule has 0 saturated carbocycles. The third kappa shape index (κ3) is 2.20. The van der Waals surface area contributed by atoms with Crippen molar-refractivity contribution < 1.29 is 0 Å². The van der Waals surface area contributed by atoms with E-state index >= 15 is 0 Å². The highest BCUT2D eigenvalue weighted by molar-refractivity contribution is 7.90. The Hall–Kier alpha value is -0.0800. The van der Waals surface area contributed by atoms with Gasteiger partial charge in [0.1, 0.15) is 0 Å². The molecule has 0 fully saturated rings. The lowest BCUT2D eigenvalue weighted by atomic mass is 9.82. The summed E-state index contributed by atoms with van der Waals surface area (Å²) in [5.41, 5.74) is 1.62. The molecule has 0 N–H and O–H groups in total. The summed E-state index contributed by atoms with van der Waals surface area (Å²) in [6, 6.07) is 0. The molecule has 1 aliphatic rings. The van der Waals surface area contributed by atoms with Crippen molar-refractivity contribution in [2.45, 2.75) is 27.2 Å². The van der Waals surface area contributed by atoms with Gasteiger partial charge in [0.2, 0.25) is 0 Å². The van der Waals surface area contributed by atoms with Crippen LogP contribution in [0, 0.1) is 5.41 Å². The summed E-state index contributed by atoms with van der Waals surface area (Å²) >= 11 is 9.46. The predicted octanol–water partition coefficient (Wildman–Crippen LogP) is 3.55. The van der Waals surface area contributed by atoms with Gasteiger partial charge in [0.15, 0.2) is 0 Å². The maximum Gasteiger partial charge on any atom is 0.0326 e. The van der Waals surface area contributed by atoms with Crippen LogP contribution in [0.1, 0.15) is 27.2 Å². The summed E-state index contributed by atoms with van der Waals surface area (Å²) in [5, 5.41) is 0. The van der Waals surface area contributed by atoms with E-state index in [2.05, 4.69) is 39.5 Å². The molecule has 0 aromatic carbocycles. The fraction of sp³-hybridized carbons (Fsp3) is 0.500. The zero-order valence-electron chi connectivity index (χ0n) is 7.72. The van der Waals surface area contributed by atoms with E-state index in [0.717, 1.165) is 16.2 Å². The lowest BCUT2D eigenvalue weighted by Crippen LogP contribution is -2.14. The first-order valence-electron chi connectivity index (χ1n) is 4.05. The monoisotopic (exact) mass is 198 g/mol. The van der Waals surface area contributed by atoms with Gasteiger partial charge < -0.3 is 0 Å². The molecule has 0 unspecified atom stereocenters. The summed E-state index contributed by atoms with van der Waals surface area (Å²) in [5.74, 6) is 0. The van der Waals surface area contributed by atoms with Crippen molar-refractivity contribution in [3.63, 3.8) is 0 Å². The Morgan fingerprint density at radius 2 is 1.92 bits per heavy atom. The molecule has 0 aromatic rings. The molecule has 0 saturated heterocycles. The summed E-state index contributed by atoms with van der Waals surface area (Å²) in [6.45, 7) is 6.62. The normalized spacial score (nSPS) is 18.8. The molecule has 12 heavy (non-hydrogen) atoms. The van der Waals surface area contributed by atoms with Crippen LogP contribution < -0.4 is 0 Å². The van der Waals surface area contributed by atoms with E-state index in [1.165, 1.54) is 5.57 Å². The van der Waals surface area contributed by atoms with E-state index in [0.29, 0.717) is 0 Å². The van der Waals surface area contributed by atoms with Crippen molar-refractivity contribution in [3.8, 4) is 0 Å². The Labute approximate surface area is 85.2 Å². The van der Waals surface area contributed by atoms with E-state index in [-0.39, 0.29) is 5.41 Å². The molecule has 66 valence electrons. The molecule has 0 nitrogen and oxygen atoms in total. The summed E-state index contributed by atoms with van der Waals surface area (Å²) in [6.07, 6.45) is 5.03. The minimum Gasteiger partial charge on any atom is -0.142 e. The van der Waals surface area contributed by atoms with Gasteiger partial charge in [-0.2, -0.15) is 0 Å². The quantitative estimate of drug-likeness (QED) is 0.459. The van der Waals surface area contributed by atoms with Gasteiger partial charge in [-0.15, -0.1) is 12.6 Å². The third-order valence-corrected chi connectivity index (χ3v) is 2.98. The smallest absolute Gasteiger partial charge is 0.0326 e. The second kappa shape index (κ2) is 3.35. The van der Waals surface area contributed by atoms with Crippen molar-refractivity contribution in [2.75, 3.05) is 0 Å². The minimum absolute atomic E-state index is 0.231. The standard InChI is InChI=1S/C10H14S2/c1-10(2,3)7-4-5-8(11)9(12)6-7/h4-5,11H,6H2,1-3H3. The van der Waals surface area contributed by atoms with Gasteiger partial charge in [-0.25, -0.2) is 0 Å². The van der Waals surface area contributed by atoms with Crippen LogP contribution in [-0.4, -0.2) is 4.86 Å². The van der Waals surface area contributed by atoms with Crippen molar-refractivity contribution in [1.82, 2.24) is 0 Å². The highest BCUT2D eigenvalue weighted by Gasteiger charge is 2.20. The van der Waals surface area contributed by atoms with Crippen LogP contribution in [0.3, 0.4) is 0 Å². The van der Waals surface area contributed by atoms with E-state index in [9.17, 15) is 0 Å². The number of rotatable bonds is 0. The Balaban J connectivity index is 2.92. The molecular weight excluding hydrogens is 184 g/mol. The second-order valence-electron chi connectivity index (χ2n) is 4.09. The SMILES string of the molecule is CC(C)(C)C1=CC=C(S)C(=S)C1. The number of thiocarbonyl (C=S) groups is 1. The summed E-state index contributed by atoms with van der Waals surface area (Å²) in [7, 11) is 0. The van der Waals surface area contributed by atoms with Crippen LogP contribution in [-0.2, 0) is 0 Å². The topological polar surface area (TPSA) is 0 Å². The molecule has 0 aliphatic heterocycles. The first kappa shape index (κ1) is 10.0. The average Bonchev–Trinajstić information content (AvgIpc) is 1.92. The Morgan fingerprint density at radius 1 is 1.33 bits per heavy atom. The molecule has 0 spiro atoms. The minimum atomic E-state index is 0.231. The molecule has 1 rings (SSSR count). The first-order valence-corrected chi connectivity index (χ1v) is 4.90. The van der Waals surface area contributed by atoms with Crippen LogP contribution in [0.15, 0.2) is 22.6 Å². The lowest BCUT2D eigenvalue weighted by molar-refractivity contribution is 0.497. The zero-order chi connectivity index (χ0) is 9.35. The largest absolute Gasteiger partial charge is 0.142 e. The van der Waals surface area contributed by atoms with Gasteiger partial charge in [-0.3, -0.25) is 0 Å². The van der Waals surface area contributed by atoms with Gasteiger partial charge in [0, 0.05) is 16.2 Å². The highest BCUT2D eigenvalue weighted by atomic mass is 32.1. The molecule has 0 heterocycles.